The van der Waals surface area contributed by atoms with Gasteiger partial charge < -0.3 is 14.9 Å². The van der Waals surface area contributed by atoms with E-state index in [9.17, 15) is 33.0 Å². The van der Waals surface area contributed by atoms with E-state index in [1.165, 1.54) is 12.1 Å². The number of aliphatic hydroxyl groups excluding tert-OH is 2. The van der Waals surface area contributed by atoms with Gasteiger partial charge in [-0.3, -0.25) is 9.59 Å². The highest BCUT2D eigenvalue weighted by Crippen LogP contribution is 2.33. The van der Waals surface area contributed by atoms with Gasteiger partial charge in [0.15, 0.2) is 0 Å². The number of carbonyl (C=O) groups excluding carboxylic acids is 2. The molecule has 2 N–H and O–H groups in total. The van der Waals surface area contributed by atoms with Gasteiger partial charge in [-0.2, -0.15) is 13.2 Å². The van der Waals surface area contributed by atoms with Gasteiger partial charge in [-0.05, 0) is 62.3 Å². The number of ether oxygens (including phenoxy) is 1. The van der Waals surface area contributed by atoms with Gasteiger partial charge in [0, 0.05) is 12.3 Å². The van der Waals surface area contributed by atoms with Crippen LogP contribution in [0, 0.1) is 17.3 Å². The maximum Gasteiger partial charge on any atom is 0.416 e. The molecule has 0 bridgehead atoms. The van der Waals surface area contributed by atoms with Gasteiger partial charge in [0.25, 0.3) is 0 Å². The van der Waals surface area contributed by atoms with E-state index < -0.39 is 53.8 Å². The summed E-state index contributed by atoms with van der Waals surface area (Å²) < 4.78 is 44.5. The lowest BCUT2D eigenvalue weighted by atomic mass is 9.73. The summed E-state index contributed by atoms with van der Waals surface area (Å²) >= 11 is 0. The molecule has 0 saturated heterocycles. The fourth-order valence-corrected chi connectivity index (χ4v) is 4.75. The lowest BCUT2D eigenvalue weighted by Crippen LogP contribution is -2.45. The SMILES string of the molecule is C/C1=C/CC(/C(C)=C/c2ccc(C(F)(F)F)cc2)OC(=O)C[C@H](O)C(C)(C)C(=O)[C@H](C)[C@@H](O)[C@@H](C)CCC1. The summed E-state index contributed by atoms with van der Waals surface area (Å²) in [6.07, 6.45) is -1.42. The third kappa shape index (κ3) is 8.53. The number of hydrogen-bond donors (Lipinski definition) is 2. The first kappa shape index (κ1) is 31.8. The van der Waals surface area contributed by atoms with Crippen LogP contribution in [0.15, 0.2) is 41.5 Å². The molecule has 1 aromatic rings. The highest BCUT2D eigenvalue weighted by molar-refractivity contribution is 5.88. The quantitative estimate of drug-likeness (QED) is 0.331. The van der Waals surface area contributed by atoms with Gasteiger partial charge in [0.1, 0.15) is 11.9 Å². The van der Waals surface area contributed by atoms with Gasteiger partial charge in [0.2, 0.25) is 0 Å². The molecular formula is C30H41F3O5. The zero-order valence-corrected chi connectivity index (χ0v) is 23.1. The number of esters is 1. The maximum absolute atomic E-state index is 13.2. The van der Waals surface area contributed by atoms with Crippen LogP contribution in [0.4, 0.5) is 13.2 Å². The first-order chi connectivity index (χ1) is 17.5. The molecule has 212 valence electrons. The van der Waals surface area contributed by atoms with Crippen molar-refractivity contribution in [3.05, 3.63) is 52.6 Å². The minimum atomic E-state index is -4.43. The first-order valence-corrected chi connectivity index (χ1v) is 13.1. The van der Waals surface area contributed by atoms with Crippen LogP contribution in [0.1, 0.15) is 84.8 Å². The molecule has 0 fully saturated rings. The third-order valence-corrected chi connectivity index (χ3v) is 7.66. The fourth-order valence-electron chi connectivity index (χ4n) is 4.75. The predicted molar refractivity (Wildman–Crippen MR) is 141 cm³/mol. The van der Waals surface area contributed by atoms with Crippen LogP contribution >= 0.6 is 0 Å². The predicted octanol–water partition coefficient (Wildman–Crippen LogP) is 6.52. The molecule has 0 aromatic heterocycles. The van der Waals surface area contributed by atoms with Crippen molar-refractivity contribution in [1.29, 1.82) is 0 Å². The monoisotopic (exact) mass is 538 g/mol. The third-order valence-electron chi connectivity index (χ3n) is 7.66. The van der Waals surface area contributed by atoms with E-state index in [1.807, 2.05) is 19.9 Å². The molecule has 0 aliphatic carbocycles. The molecule has 8 heteroatoms. The summed E-state index contributed by atoms with van der Waals surface area (Å²) in [7, 11) is 0. The molecule has 5 nitrogen and oxygen atoms in total. The smallest absolute Gasteiger partial charge is 0.416 e. The lowest BCUT2D eigenvalue weighted by Gasteiger charge is -2.34. The molecule has 38 heavy (non-hydrogen) atoms. The van der Waals surface area contributed by atoms with E-state index in [-0.39, 0.29) is 11.7 Å². The Labute approximate surface area is 223 Å². The van der Waals surface area contributed by atoms with Gasteiger partial charge in [-0.25, -0.2) is 0 Å². The van der Waals surface area contributed by atoms with E-state index in [2.05, 4.69) is 0 Å². The number of carbonyl (C=O) groups is 2. The zero-order valence-electron chi connectivity index (χ0n) is 23.1. The van der Waals surface area contributed by atoms with Crippen molar-refractivity contribution in [2.45, 2.75) is 98.1 Å². The molecule has 1 aliphatic heterocycles. The van der Waals surface area contributed by atoms with Crippen molar-refractivity contribution >= 4 is 17.8 Å². The number of cyclic esters (lactones) is 1. The molecule has 1 heterocycles. The molecule has 1 aromatic carbocycles. The van der Waals surface area contributed by atoms with Crippen molar-refractivity contribution in [2.75, 3.05) is 0 Å². The number of aliphatic hydroxyl groups is 2. The number of ketones is 1. The molecule has 0 radical (unpaired) electrons. The summed E-state index contributed by atoms with van der Waals surface area (Å²) in [6.45, 7) is 10.4. The number of Topliss-reactive ketones (excluding diaryl/α,β-unsaturated/α-hetero) is 1. The van der Waals surface area contributed by atoms with Gasteiger partial charge in [-0.15, -0.1) is 0 Å². The van der Waals surface area contributed by atoms with Gasteiger partial charge in [0.05, 0.1) is 29.6 Å². The normalized spacial score (nSPS) is 30.3. The summed E-state index contributed by atoms with van der Waals surface area (Å²) in [5.74, 6) is -1.84. The molecule has 0 saturated carbocycles. The number of hydrogen-bond acceptors (Lipinski definition) is 5. The Hall–Kier alpha value is -2.45. The minimum Gasteiger partial charge on any atom is -0.457 e. The van der Waals surface area contributed by atoms with E-state index in [0.717, 1.165) is 37.0 Å². The molecule has 2 rings (SSSR count). The number of allylic oxidation sites excluding steroid dienone is 1. The summed E-state index contributed by atoms with van der Waals surface area (Å²) in [5, 5.41) is 21.6. The van der Waals surface area contributed by atoms with Crippen LogP contribution in [0.2, 0.25) is 0 Å². The second-order valence-electron chi connectivity index (χ2n) is 11.2. The summed E-state index contributed by atoms with van der Waals surface area (Å²) in [4.78, 5) is 26.1. The molecule has 5 atom stereocenters. The first-order valence-electron chi connectivity index (χ1n) is 13.1. The standard InChI is InChI=1S/C30H41F3O5/c1-18-8-7-9-19(2)27(36)21(4)28(37)29(5,6)25(34)17-26(35)38-24(15-10-18)20(3)16-22-11-13-23(14-12-22)30(31,32)33/h10-14,16,19,21,24-25,27,34,36H,7-9,15,17H2,1-6H3/b18-10-,20-16+/t19-,21+,24?,25-,27-/m0/s1. The second-order valence-corrected chi connectivity index (χ2v) is 11.2. The zero-order chi connectivity index (χ0) is 28.8. The Bertz CT molecular complexity index is 1020. The van der Waals surface area contributed by atoms with E-state index in [0.29, 0.717) is 17.6 Å². The Morgan fingerprint density at radius 3 is 2.29 bits per heavy atom. The highest BCUT2D eigenvalue weighted by atomic mass is 19.4. The molecule has 0 spiro atoms. The van der Waals surface area contributed by atoms with Crippen molar-refractivity contribution in [2.24, 2.45) is 17.3 Å². The van der Waals surface area contributed by atoms with Crippen LogP contribution < -0.4 is 0 Å². The van der Waals surface area contributed by atoms with Gasteiger partial charge >= 0.3 is 12.1 Å². The van der Waals surface area contributed by atoms with Crippen LogP contribution in [-0.4, -0.2) is 40.3 Å². The van der Waals surface area contributed by atoms with Gasteiger partial charge in [-0.1, -0.05) is 57.6 Å². The molecule has 0 amide bonds. The van der Waals surface area contributed by atoms with E-state index in [1.54, 1.807) is 33.8 Å². The van der Waals surface area contributed by atoms with Crippen LogP contribution in [0.25, 0.3) is 6.08 Å². The Balaban J connectivity index is 2.35. The number of benzene rings is 1. The number of rotatable bonds is 2. The topological polar surface area (TPSA) is 83.8 Å². The Morgan fingerprint density at radius 1 is 1.11 bits per heavy atom. The average molecular weight is 539 g/mol. The molecular weight excluding hydrogens is 497 g/mol. The van der Waals surface area contributed by atoms with Crippen LogP contribution in [0.5, 0.6) is 0 Å². The summed E-state index contributed by atoms with van der Waals surface area (Å²) in [6, 6.07) is 4.73. The largest absolute Gasteiger partial charge is 0.457 e. The molecule has 1 unspecified atom stereocenters. The maximum atomic E-state index is 13.2. The van der Waals surface area contributed by atoms with Crippen LogP contribution in [-0.2, 0) is 20.5 Å². The average Bonchev–Trinajstić information content (AvgIpc) is 2.84. The summed E-state index contributed by atoms with van der Waals surface area (Å²) in [5.41, 5.74) is 0.218. The van der Waals surface area contributed by atoms with Crippen molar-refractivity contribution in [3.8, 4) is 0 Å². The Morgan fingerprint density at radius 2 is 1.71 bits per heavy atom. The fraction of sp³-hybridized carbons (Fsp3) is 0.600. The lowest BCUT2D eigenvalue weighted by molar-refractivity contribution is -0.154. The van der Waals surface area contributed by atoms with Crippen molar-refractivity contribution in [1.82, 2.24) is 0 Å². The Kier molecular flexibility index (Phi) is 10.9. The second kappa shape index (κ2) is 13.1. The van der Waals surface area contributed by atoms with Crippen molar-refractivity contribution < 1.29 is 37.7 Å². The number of alkyl halides is 3. The minimum absolute atomic E-state index is 0.116. The van der Waals surface area contributed by atoms with Crippen LogP contribution in [0.3, 0.4) is 0 Å². The van der Waals surface area contributed by atoms with Crippen molar-refractivity contribution in [3.63, 3.8) is 0 Å². The molecule has 1 aliphatic rings. The highest BCUT2D eigenvalue weighted by Gasteiger charge is 2.42. The van der Waals surface area contributed by atoms with E-state index >= 15 is 0 Å². The number of halogens is 3. The van der Waals surface area contributed by atoms with E-state index in [4.69, 9.17) is 4.74 Å².